The van der Waals surface area contributed by atoms with Crippen molar-refractivity contribution in [3.8, 4) is 11.3 Å². The van der Waals surface area contributed by atoms with Gasteiger partial charge in [0.1, 0.15) is 18.5 Å². The number of sulfonamides is 1. The maximum atomic E-state index is 13.7. The van der Waals surface area contributed by atoms with E-state index in [4.69, 9.17) is 30.3 Å². The summed E-state index contributed by atoms with van der Waals surface area (Å²) in [7, 11) is -2.39. The zero-order valence-electron chi connectivity index (χ0n) is 27.5. The van der Waals surface area contributed by atoms with E-state index in [0.29, 0.717) is 35.4 Å². The number of aliphatic hydroxyl groups excluding tert-OH is 2. The lowest BCUT2D eigenvalue weighted by Gasteiger charge is -2.20. The average molecular weight is 722 g/mol. The molecule has 3 atom stereocenters. The van der Waals surface area contributed by atoms with Crippen LogP contribution in [0.2, 0.25) is 0 Å². The zero-order chi connectivity index (χ0) is 36.7. The smallest absolute Gasteiger partial charge is 0.308 e. The maximum Gasteiger partial charge on any atom is 0.308 e. The summed E-state index contributed by atoms with van der Waals surface area (Å²) in [5.74, 6) is -1.48. The number of rotatable bonds is 22. The topological polar surface area (TPSA) is 245 Å². The number of hydrogen-bond acceptors (Lipinski definition) is 17. The molecule has 0 aliphatic carbocycles. The van der Waals surface area contributed by atoms with Crippen LogP contribution in [0, 0.1) is 5.82 Å². The van der Waals surface area contributed by atoms with E-state index in [9.17, 15) is 27.8 Å². The van der Waals surface area contributed by atoms with Crippen molar-refractivity contribution < 1.29 is 67.8 Å². The lowest BCUT2D eigenvalue weighted by Crippen LogP contribution is -2.34. The molecule has 0 saturated carbocycles. The molecule has 0 amide bonds. The third-order valence-electron chi connectivity index (χ3n) is 6.68. The molecule has 0 fully saturated rings. The van der Waals surface area contributed by atoms with Gasteiger partial charge in [0.15, 0.2) is 0 Å². The van der Waals surface area contributed by atoms with E-state index in [-0.39, 0.29) is 44.5 Å². The molecule has 20 heteroatoms. The van der Waals surface area contributed by atoms with Crippen molar-refractivity contribution in [3.63, 3.8) is 0 Å². The first-order chi connectivity index (χ1) is 23.0. The minimum Gasteiger partial charge on any atom is -0.466 e. The van der Waals surface area contributed by atoms with Crippen LogP contribution in [0.25, 0.3) is 17.3 Å². The largest absolute Gasteiger partial charge is 0.466 e. The Labute approximate surface area is 282 Å². The van der Waals surface area contributed by atoms with Gasteiger partial charge in [-0.3, -0.25) is 25.6 Å². The van der Waals surface area contributed by atoms with Gasteiger partial charge in [0.05, 0.1) is 60.3 Å². The highest BCUT2D eigenvalue weighted by atomic mass is 32.2. The molecule has 1 aromatic carbocycles. The second-order valence-electron chi connectivity index (χ2n) is 11.1. The summed E-state index contributed by atoms with van der Waals surface area (Å²) in [4.78, 5) is 30.0. The summed E-state index contributed by atoms with van der Waals surface area (Å²) in [6.07, 6.45) is 0.587. The van der Waals surface area contributed by atoms with Crippen molar-refractivity contribution in [3.05, 3.63) is 47.4 Å². The van der Waals surface area contributed by atoms with Crippen LogP contribution in [0.15, 0.2) is 30.3 Å². The minimum absolute atomic E-state index is 0.0140. The van der Waals surface area contributed by atoms with Crippen LogP contribution in [0.4, 0.5) is 10.3 Å². The molecule has 0 saturated heterocycles. The van der Waals surface area contributed by atoms with Gasteiger partial charge in [-0.25, -0.2) is 36.8 Å². The average Bonchev–Trinajstić information content (AvgIpc) is 3.00. The second kappa shape index (κ2) is 20.4. The maximum absolute atomic E-state index is 13.7. The van der Waals surface area contributed by atoms with E-state index in [1.807, 2.05) is 13.8 Å². The fraction of sp³-hybridized carbons (Fsp3) is 0.552. The number of carbonyl (C=O) groups excluding carboxylic acids is 1. The Hall–Kier alpha value is -3.25. The Bertz CT molecular complexity index is 1450. The van der Waals surface area contributed by atoms with Crippen LogP contribution in [0.3, 0.4) is 0 Å². The number of hydrogen-bond donors (Lipinski definition) is 6. The van der Waals surface area contributed by atoms with Crippen molar-refractivity contribution in [1.82, 2.24) is 20.7 Å². The number of aromatic nitrogens is 2. The predicted octanol–water partition coefficient (Wildman–Crippen LogP) is 2.05. The predicted molar refractivity (Wildman–Crippen MR) is 168 cm³/mol. The molecule has 2 rings (SSSR count). The van der Waals surface area contributed by atoms with Gasteiger partial charge in [-0.15, -0.1) is 0 Å². The summed E-state index contributed by atoms with van der Waals surface area (Å²) in [5, 5.41) is 54.5. The molecule has 0 aliphatic heterocycles. The van der Waals surface area contributed by atoms with Crippen molar-refractivity contribution in [2.24, 2.45) is 0 Å². The molecule has 6 N–H and O–H groups in total. The first-order valence-corrected chi connectivity index (χ1v) is 16.9. The quantitative estimate of drug-likeness (QED) is 0.0579. The molecular weight excluding hydrogens is 677 g/mol. The van der Waals surface area contributed by atoms with Gasteiger partial charge in [-0.2, -0.15) is 0 Å². The second-order valence-corrected chi connectivity index (χ2v) is 13.1. The summed E-state index contributed by atoms with van der Waals surface area (Å²) in [6.45, 7) is 3.15. The van der Waals surface area contributed by atoms with Crippen molar-refractivity contribution >= 4 is 28.0 Å². The first-order valence-electron chi connectivity index (χ1n) is 15.0. The van der Waals surface area contributed by atoms with Gasteiger partial charge < -0.3 is 19.7 Å². The first kappa shape index (κ1) is 41.9. The molecule has 1 heterocycles. The third-order valence-corrected chi connectivity index (χ3v) is 7.84. The van der Waals surface area contributed by atoms with Gasteiger partial charge in [-0.05, 0) is 43.0 Å². The highest BCUT2D eigenvalue weighted by Gasteiger charge is 2.23. The van der Waals surface area contributed by atoms with Gasteiger partial charge in [0.2, 0.25) is 16.0 Å². The Morgan fingerprint density at radius 3 is 2.24 bits per heavy atom. The molecule has 0 spiro atoms. The summed E-state index contributed by atoms with van der Waals surface area (Å²) in [6, 6.07) is 5.44. The molecule has 276 valence electrons. The SMILES string of the molecule is CC(C)c1nc(N(C)S(C)(=O)=O)nc(-c2ccc(F)cc2)c1/C=C/C(O)CC(O)CC(=O)OCCCCOCC(CON(O)O)ON(O)O. The minimum atomic E-state index is -3.71. The summed E-state index contributed by atoms with van der Waals surface area (Å²) >= 11 is 0. The fourth-order valence-electron chi connectivity index (χ4n) is 4.19. The Morgan fingerprint density at radius 2 is 1.65 bits per heavy atom. The number of unbranched alkanes of at least 4 members (excludes halogenated alkanes) is 1. The number of aliphatic hydroxyl groups is 2. The molecule has 0 radical (unpaired) electrons. The zero-order valence-corrected chi connectivity index (χ0v) is 28.3. The fourth-order valence-corrected chi connectivity index (χ4v) is 4.57. The molecular formula is C29H44FN5O13S. The monoisotopic (exact) mass is 721 g/mol. The van der Waals surface area contributed by atoms with Crippen LogP contribution in [-0.4, -0.2) is 124 Å². The summed E-state index contributed by atoms with van der Waals surface area (Å²) < 4.78 is 49.5. The van der Waals surface area contributed by atoms with Crippen LogP contribution in [0.1, 0.15) is 56.7 Å². The van der Waals surface area contributed by atoms with E-state index in [1.54, 1.807) is 0 Å². The number of ether oxygens (including phenoxy) is 2. The number of halogens is 1. The van der Waals surface area contributed by atoms with E-state index >= 15 is 0 Å². The molecule has 18 nitrogen and oxygen atoms in total. The molecule has 2 aromatic rings. The molecule has 0 bridgehead atoms. The van der Waals surface area contributed by atoms with Crippen molar-refractivity contribution in [2.75, 3.05) is 44.0 Å². The van der Waals surface area contributed by atoms with Gasteiger partial charge in [0.25, 0.3) is 0 Å². The van der Waals surface area contributed by atoms with Crippen LogP contribution in [-0.2, 0) is 34.0 Å². The van der Waals surface area contributed by atoms with Gasteiger partial charge >= 0.3 is 5.97 Å². The lowest BCUT2D eigenvalue weighted by atomic mass is 9.97. The summed E-state index contributed by atoms with van der Waals surface area (Å²) in [5.41, 5.74) is 1.68. The van der Waals surface area contributed by atoms with Gasteiger partial charge in [0, 0.05) is 31.2 Å². The standard InChI is InChI=1S/C29H44FN5O13S/c1-19(2)27-25(28(20-7-9-21(30)10-8-20)32-29(31-27)33(3)49(4,43)44)12-11-22(36)15-23(37)16-26(38)46-14-6-5-13-45-17-24(48-35(41)42)18-47-34(39)40/h7-12,19,22-24,36-37,39-42H,5-6,13-18H2,1-4H3/b12-11+. The Morgan fingerprint density at radius 1 is 1.00 bits per heavy atom. The Kier molecular flexibility index (Phi) is 17.5. The van der Waals surface area contributed by atoms with Crippen molar-refractivity contribution in [2.45, 2.75) is 63.8 Å². The van der Waals surface area contributed by atoms with Crippen LogP contribution < -0.4 is 4.31 Å². The van der Waals surface area contributed by atoms with E-state index in [0.717, 1.165) is 10.6 Å². The van der Waals surface area contributed by atoms with Gasteiger partial charge in [-0.1, -0.05) is 26.0 Å². The molecule has 0 aliphatic rings. The molecule has 3 unspecified atom stereocenters. The van der Waals surface area contributed by atoms with Crippen LogP contribution >= 0.6 is 0 Å². The number of anilines is 1. The normalized spacial score (nSPS) is 14.2. The van der Waals surface area contributed by atoms with Crippen molar-refractivity contribution in [1.29, 1.82) is 0 Å². The van der Waals surface area contributed by atoms with E-state index in [1.165, 1.54) is 43.5 Å². The number of esters is 1. The van der Waals surface area contributed by atoms with Crippen LogP contribution in [0.5, 0.6) is 0 Å². The molecule has 1 aromatic heterocycles. The number of benzene rings is 1. The highest BCUT2D eigenvalue weighted by Crippen LogP contribution is 2.31. The number of carbonyl (C=O) groups is 1. The third kappa shape index (κ3) is 15.5. The lowest BCUT2D eigenvalue weighted by molar-refractivity contribution is -0.528. The number of nitrogens with zero attached hydrogens (tertiary/aromatic N) is 5. The highest BCUT2D eigenvalue weighted by molar-refractivity contribution is 7.92. The molecule has 49 heavy (non-hydrogen) atoms. The Balaban J connectivity index is 1.96. The van der Waals surface area contributed by atoms with E-state index in [2.05, 4.69) is 19.6 Å². The van der Waals surface area contributed by atoms with E-state index < -0.39 is 57.5 Å².